The molecule has 2 aliphatic rings. The molecule has 1 heterocycles. The number of nitrogens with one attached hydrogen (secondary N) is 1. The summed E-state index contributed by atoms with van der Waals surface area (Å²) in [6, 6.07) is -0.703. The second-order valence-electron chi connectivity index (χ2n) is 6.93. The highest BCUT2D eigenvalue weighted by Gasteiger charge is 2.40. The van der Waals surface area contributed by atoms with Gasteiger partial charge in [0.25, 0.3) is 0 Å². The van der Waals surface area contributed by atoms with Crippen LogP contribution in [0.25, 0.3) is 0 Å². The standard InChI is InChI=1S/C15H26N2O4S/c1-15(2,3)21-14(20)16-12(10-5-4-6-11(10)18)13(19)17-7-8-22-9-17/h10-12,18H,4-9H2,1-3H3,(H,16,20)/t10-,11-,12-/m1/s1. The molecule has 0 spiro atoms. The Morgan fingerprint density at radius 2 is 2.09 bits per heavy atom. The predicted molar refractivity (Wildman–Crippen MR) is 85.5 cm³/mol. The molecule has 0 aromatic heterocycles. The van der Waals surface area contributed by atoms with E-state index >= 15 is 0 Å². The van der Waals surface area contributed by atoms with E-state index in [1.165, 1.54) is 0 Å². The van der Waals surface area contributed by atoms with Gasteiger partial charge in [-0.1, -0.05) is 6.42 Å². The lowest BCUT2D eigenvalue weighted by Gasteiger charge is -2.30. The van der Waals surface area contributed by atoms with Gasteiger partial charge in [-0.2, -0.15) is 0 Å². The van der Waals surface area contributed by atoms with Crippen LogP contribution in [0, 0.1) is 5.92 Å². The van der Waals surface area contributed by atoms with E-state index in [9.17, 15) is 14.7 Å². The number of aliphatic hydroxyl groups excluding tert-OH is 1. The molecule has 2 fully saturated rings. The lowest BCUT2D eigenvalue weighted by Crippen LogP contribution is -2.54. The summed E-state index contributed by atoms with van der Waals surface area (Å²) in [4.78, 5) is 26.5. The first-order valence-electron chi connectivity index (χ1n) is 7.82. The van der Waals surface area contributed by atoms with Gasteiger partial charge in [0.1, 0.15) is 11.6 Å². The summed E-state index contributed by atoms with van der Waals surface area (Å²) in [6.07, 6.45) is 1.16. The Morgan fingerprint density at radius 3 is 2.59 bits per heavy atom. The molecule has 2 N–H and O–H groups in total. The van der Waals surface area contributed by atoms with Gasteiger partial charge in [0.15, 0.2) is 0 Å². The Balaban J connectivity index is 2.07. The molecule has 0 radical (unpaired) electrons. The molecule has 6 nitrogen and oxygen atoms in total. The third kappa shape index (κ3) is 4.52. The minimum absolute atomic E-state index is 0.109. The van der Waals surface area contributed by atoms with Crippen molar-refractivity contribution in [2.45, 2.75) is 57.8 Å². The van der Waals surface area contributed by atoms with Gasteiger partial charge >= 0.3 is 6.09 Å². The van der Waals surface area contributed by atoms with E-state index in [-0.39, 0.29) is 11.8 Å². The van der Waals surface area contributed by atoms with E-state index in [0.29, 0.717) is 18.8 Å². The van der Waals surface area contributed by atoms with Gasteiger partial charge in [0.2, 0.25) is 5.91 Å². The molecule has 1 aliphatic heterocycles. The maximum absolute atomic E-state index is 12.7. The van der Waals surface area contributed by atoms with Crippen LogP contribution in [0.4, 0.5) is 4.79 Å². The van der Waals surface area contributed by atoms with E-state index in [2.05, 4.69) is 5.32 Å². The quantitative estimate of drug-likeness (QED) is 0.821. The maximum Gasteiger partial charge on any atom is 0.408 e. The molecule has 2 rings (SSSR count). The van der Waals surface area contributed by atoms with Crippen molar-refractivity contribution in [2.75, 3.05) is 18.2 Å². The van der Waals surface area contributed by atoms with Gasteiger partial charge in [-0.25, -0.2) is 4.79 Å². The molecule has 1 saturated carbocycles. The molecule has 2 amide bonds. The Hall–Kier alpha value is -0.950. The van der Waals surface area contributed by atoms with Crippen LogP contribution in [0.15, 0.2) is 0 Å². The fourth-order valence-electron chi connectivity index (χ4n) is 2.93. The largest absolute Gasteiger partial charge is 0.444 e. The van der Waals surface area contributed by atoms with Crippen molar-refractivity contribution >= 4 is 23.8 Å². The Kier molecular flexibility index (Phi) is 5.60. The van der Waals surface area contributed by atoms with Crippen molar-refractivity contribution in [3.63, 3.8) is 0 Å². The van der Waals surface area contributed by atoms with Crippen LogP contribution in [0.2, 0.25) is 0 Å². The minimum atomic E-state index is -0.703. The summed E-state index contributed by atoms with van der Waals surface area (Å²) in [5.74, 6) is 1.22. The lowest BCUT2D eigenvalue weighted by atomic mass is 9.95. The summed E-state index contributed by atoms with van der Waals surface area (Å²) in [6.45, 7) is 6.04. The number of hydrogen-bond acceptors (Lipinski definition) is 5. The normalized spacial score (nSPS) is 26.8. The first-order valence-corrected chi connectivity index (χ1v) is 8.97. The molecule has 0 aromatic carbocycles. The van der Waals surface area contributed by atoms with E-state index in [4.69, 9.17) is 4.74 Å². The number of hydrogen-bond donors (Lipinski definition) is 2. The molecular formula is C15H26N2O4S. The van der Waals surface area contributed by atoms with Gasteiger partial charge in [0, 0.05) is 18.2 Å². The average molecular weight is 330 g/mol. The Morgan fingerprint density at radius 1 is 1.36 bits per heavy atom. The summed E-state index contributed by atoms with van der Waals surface area (Å²) < 4.78 is 5.27. The third-order valence-electron chi connectivity index (χ3n) is 3.96. The van der Waals surface area contributed by atoms with Crippen LogP contribution in [0.1, 0.15) is 40.0 Å². The second kappa shape index (κ2) is 7.08. The fraction of sp³-hybridized carbons (Fsp3) is 0.867. The highest BCUT2D eigenvalue weighted by molar-refractivity contribution is 7.99. The van der Waals surface area contributed by atoms with Crippen LogP contribution in [0.3, 0.4) is 0 Å². The zero-order valence-electron chi connectivity index (χ0n) is 13.5. The highest BCUT2D eigenvalue weighted by Crippen LogP contribution is 2.30. The zero-order chi connectivity index (χ0) is 16.3. The molecule has 0 bridgehead atoms. The summed E-state index contributed by atoms with van der Waals surface area (Å²) in [5.41, 5.74) is -0.616. The van der Waals surface area contributed by atoms with Crippen molar-refractivity contribution in [3.05, 3.63) is 0 Å². The fourth-order valence-corrected chi connectivity index (χ4v) is 3.88. The maximum atomic E-state index is 12.7. The molecule has 0 aromatic rings. The SMILES string of the molecule is CC(C)(C)OC(=O)N[C@@H](C(=O)N1CCSC1)[C@@H]1CCC[C@H]1O. The number of carbonyl (C=O) groups is 2. The molecular weight excluding hydrogens is 304 g/mol. The smallest absolute Gasteiger partial charge is 0.408 e. The number of ether oxygens (including phenoxy) is 1. The predicted octanol–water partition coefficient (Wildman–Crippen LogP) is 1.57. The van der Waals surface area contributed by atoms with Gasteiger partial charge in [-0.3, -0.25) is 4.79 Å². The van der Waals surface area contributed by atoms with Crippen LogP contribution < -0.4 is 5.32 Å². The van der Waals surface area contributed by atoms with E-state index in [1.54, 1.807) is 37.4 Å². The summed E-state index contributed by atoms with van der Waals surface area (Å²) in [7, 11) is 0. The van der Waals surface area contributed by atoms with Gasteiger partial charge < -0.3 is 20.1 Å². The number of amides is 2. The van der Waals surface area contributed by atoms with E-state index in [1.807, 2.05) is 0 Å². The average Bonchev–Trinajstić information content (AvgIpc) is 3.04. The molecule has 7 heteroatoms. The molecule has 1 aliphatic carbocycles. The van der Waals surface area contributed by atoms with Crippen LogP contribution in [0.5, 0.6) is 0 Å². The third-order valence-corrected chi connectivity index (χ3v) is 4.93. The first kappa shape index (κ1) is 17.4. The van der Waals surface area contributed by atoms with Crippen LogP contribution in [-0.2, 0) is 9.53 Å². The monoisotopic (exact) mass is 330 g/mol. The minimum Gasteiger partial charge on any atom is -0.444 e. The van der Waals surface area contributed by atoms with E-state index in [0.717, 1.165) is 18.6 Å². The summed E-state index contributed by atoms with van der Waals surface area (Å²) >= 11 is 1.70. The van der Waals surface area contributed by atoms with Gasteiger partial charge in [0.05, 0.1) is 12.0 Å². The van der Waals surface area contributed by atoms with Crippen molar-refractivity contribution in [3.8, 4) is 0 Å². The van der Waals surface area contributed by atoms with Gasteiger partial charge in [-0.05, 0) is 33.6 Å². The molecule has 22 heavy (non-hydrogen) atoms. The number of rotatable bonds is 3. The lowest BCUT2D eigenvalue weighted by molar-refractivity contribution is -0.134. The topological polar surface area (TPSA) is 78.9 Å². The zero-order valence-corrected chi connectivity index (χ0v) is 14.3. The highest BCUT2D eigenvalue weighted by atomic mass is 32.2. The molecule has 1 saturated heterocycles. The second-order valence-corrected chi connectivity index (χ2v) is 8.00. The molecule has 3 atom stereocenters. The number of thioether (sulfide) groups is 1. The van der Waals surface area contributed by atoms with E-state index < -0.39 is 23.8 Å². The summed E-state index contributed by atoms with van der Waals surface area (Å²) in [5, 5.41) is 12.8. The number of aliphatic hydroxyl groups is 1. The van der Waals surface area contributed by atoms with Crippen molar-refractivity contribution in [2.24, 2.45) is 5.92 Å². The van der Waals surface area contributed by atoms with Crippen LogP contribution in [-0.4, -0.2) is 57.9 Å². The van der Waals surface area contributed by atoms with Crippen molar-refractivity contribution in [1.29, 1.82) is 0 Å². The number of carbonyl (C=O) groups excluding carboxylic acids is 2. The molecule has 0 unspecified atom stereocenters. The number of alkyl carbamates (subject to hydrolysis) is 1. The molecule has 126 valence electrons. The first-order chi connectivity index (χ1) is 10.3. The Labute approximate surface area is 136 Å². The van der Waals surface area contributed by atoms with Gasteiger partial charge in [-0.15, -0.1) is 11.8 Å². The van der Waals surface area contributed by atoms with Crippen molar-refractivity contribution in [1.82, 2.24) is 10.2 Å². The number of nitrogens with zero attached hydrogens (tertiary/aromatic N) is 1. The van der Waals surface area contributed by atoms with Crippen molar-refractivity contribution < 1.29 is 19.4 Å². The Bertz CT molecular complexity index is 418. The van der Waals surface area contributed by atoms with Crippen LogP contribution >= 0.6 is 11.8 Å².